The van der Waals surface area contributed by atoms with Gasteiger partial charge in [-0.3, -0.25) is 0 Å². The number of ether oxygens (including phenoxy) is 3. The van der Waals surface area contributed by atoms with Crippen LogP contribution in [0.1, 0.15) is 0 Å². The third-order valence-electron chi connectivity index (χ3n) is 0.866. The molecule has 5 nitrogen and oxygen atoms in total. The van der Waals surface area contributed by atoms with Crippen molar-refractivity contribution in [3.63, 3.8) is 0 Å². The Hall–Kier alpha value is -0.200. The Morgan fingerprint density at radius 1 is 0.818 bits per heavy atom. The number of hydrogen-bond acceptors (Lipinski definition) is 5. The van der Waals surface area contributed by atoms with Gasteiger partial charge in [0, 0.05) is 0 Å². The van der Waals surface area contributed by atoms with E-state index in [2.05, 4.69) is 4.74 Å². The molecule has 0 rings (SSSR count). The maximum absolute atomic E-state index is 8.27. The fourth-order valence-corrected chi connectivity index (χ4v) is 0.424. The van der Waals surface area contributed by atoms with Gasteiger partial charge in [0.15, 0.2) is 0 Å². The molecular weight excluding hydrogens is 152 g/mol. The molecule has 0 spiro atoms. The van der Waals surface area contributed by atoms with Crippen molar-refractivity contribution < 1.29 is 24.4 Å². The zero-order valence-electron chi connectivity index (χ0n) is 6.36. The van der Waals surface area contributed by atoms with E-state index >= 15 is 0 Å². The van der Waals surface area contributed by atoms with Crippen molar-refractivity contribution in [2.75, 3.05) is 40.0 Å². The van der Waals surface area contributed by atoms with E-state index in [1.54, 1.807) is 0 Å². The molecule has 0 saturated heterocycles. The van der Waals surface area contributed by atoms with Crippen LogP contribution in [-0.2, 0) is 14.2 Å². The summed E-state index contributed by atoms with van der Waals surface area (Å²) in [5, 5.41) is 16.4. The van der Waals surface area contributed by atoms with Gasteiger partial charge in [0.05, 0.1) is 26.4 Å². The molecule has 0 aromatic carbocycles. The predicted molar refractivity (Wildman–Crippen MR) is 36.9 cm³/mol. The minimum Gasteiger partial charge on any atom is -0.394 e. The first-order chi connectivity index (χ1) is 5.41. The van der Waals surface area contributed by atoms with E-state index in [0.717, 1.165) is 0 Å². The highest BCUT2D eigenvalue weighted by atomic mass is 16.7. The SMILES string of the molecule is OCCOCOCCOCO. The van der Waals surface area contributed by atoms with Crippen LogP contribution < -0.4 is 0 Å². The lowest BCUT2D eigenvalue weighted by Gasteiger charge is -2.03. The number of aliphatic hydroxyl groups is 2. The molecule has 0 aromatic heterocycles. The molecule has 0 aromatic rings. The minimum atomic E-state index is -0.291. The van der Waals surface area contributed by atoms with E-state index in [-0.39, 0.29) is 26.8 Å². The first kappa shape index (κ1) is 10.8. The largest absolute Gasteiger partial charge is 0.394 e. The van der Waals surface area contributed by atoms with Crippen molar-refractivity contribution in [1.82, 2.24) is 0 Å². The Balaban J connectivity index is 2.69. The van der Waals surface area contributed by atoms with Crippen LogP contribution in [0.3, 0.4) is 0 Å². The van der Waals surface area contributed by atoms with E-state index in [0.29, 0.717) is 13.2 Å². The molecule has 0 unspecified atom stereocenters. The molecule has 5 heteroatoms. The van der Waals surface area contributed by atoms with Crippen molar-refractivity contribution in [2.24, 2.45) is 0 Å². The van der Waals surface area contributed by atoms with Crippen molar-refractivity contribution in [3.8, 4) is 0 Å². The van der Waals surface area contributed by atoms with Crippen LogP contribution in [0.2, 0.25) is 0 Å². The van der Waals surface area contributed by atoms with Crippen LogP contribution in [0.25, 0.3) is 0 Å². The summed E-state index contributed by atoms with van der Waals surface area (Å²) in [6.07, 6.45) is 0. The average molecular weight is 166 g/mol. The summed E-state index contributed by atoms with van der Waals surface area (Å²) >= 11 is 0. The van der Waals surface area contributed by atoms with Crippen LogP contribution in [0.15, 0.2) is 0 Å². The summed E-state index contributed by atoms with van der Waals surface area (Å²) in [5.41, 5.74) is 0. The van der Waals surface area contributed by atoms with Gasteiger partial charge in [-0.1, -0.05) is 0 Å². The molecule has 68 valence electrons. The fourth-order valence-electron chi connectivity index (χ4n) is 0.424. The average Bonchev–Trinajstić information content (AvgIpc) is 2.03. The fraction of sp³-hybridized carbons (Fsp3) is 1.00. The van der Waals surface area contributed by atoms with Crippen molar-refractivity contribution >= 4 is 0 Å². The molecule has 0 aliphatic carbocycles. The van der Waals surface area contributed by atoms with Gasteiger partial charge in [-0.25, -0.2) is 0 Å². The number of aliphatic hydroxyl groups excluding tert-OH is 2. The Kier molecular flexibility index (Phi) is 9.62. The van der Waals surface area contributed by atoms with Crippen molar-refractivity contribution in [2.45, 2.75) is 0 Å². The standard InChI is InChI=1S/C6H14O5/c7-1-2-10-6-11-4-3-9-5-8/h7-8H,1-6H2. The summed E-state index contributed by atoms with van der Waals surface area (Å²) in [6.45, 7) is 0.860. The molecule has 0 aliphatic rings. The van der Waals surface area contributed by atoms with Crippen molar-refractivity contribution in [1.29, 1.82) is 0 Å². The molecule has 0 saturated carbocycles. The highest BCUT2D eigenvalue weighted by Crippen LogP contribution is 1.79. The van der Waals surface area contributed by atoms with Crippen LogP contribution in [0, 0.1) is 0 Å². The third kappa shape index (κ3) is 9.80. The van der Waals surface area contributed by atoms with Gasteiger partial charge in [0.2, 0.25) is 0 Å². The van der Waals surface area contributed by atoms with Crippen LogP contribution in [0.4, 0.5) is 0 Å². The minimum absolute atomic E-state index is 0.00347. The zero-order chi connectivity index (χ0) is 8.36. The molecule has 2 N–H and O–H groups in total. The van der Waals surface area contributed by atoms with E-state index < -0.39 is 0 Å². The molecule has 0 amide bonds. The maximum atomic E-state index is 8.27. The number of hydrogen-bond donors (Lipinski definition) is 2. The Morgan fingerprint density at radius 2 is 1.45 bits per heavy atom. The molecule has 0 atom stereocenters. The lowest BCUT2D eigenvalue weighted by molar-refractivity contribution is -0.0893. The molecule has 11 heavy (non-hydrogen) atoms. The Bertz CT molecular complexity index is 60.0. The summed E-state index contributed by atoms with van der Waals surface area (Å²) < 4.78 is 14.2. The lowest BCUT2D eigenvalue weighted by atomic mass is 10.8. The van der Waals surface area contributed by atoms with Gasteiger partial charge < -0.3 is 24.4 Å². The lowest BCUT2D eigenvalue weighted by Crippen LogP contribution is -2.09. The van der Waals surface area contributed by atoms with E-state index in [4.69, 9.17) is 19.7 Å². The first-order valence-corrected chi connectivity index (χ1v) is 3.36. The molecule has 0 radical (unpaired) electrons. The zero-order valence-corrected chi connectivity index (χ0v) is 6.36. The van der Waals surface area contributed by atoms with Gasteiger partial charge in [-0.05, 0) is 0 Å². The van der Waals surface area contributed by atoms with Gasteiger partial charge in [0.1, 0.15) is 13.6 Å². The highest BCUT2D eigenvalue weighted by molar-refractivity contribution is 4.23. The van der Waals surface area contributed by atoms with E-state index in [9.17, 15) is 0 Å². The second-order valence-electron chi connectivity index (χ2n) is 1.70. The smallest absolute Gasteiger partial charge is 0.146 e. The molecule has 0 aliphatic heterocycles. The summed E-state index contributed by atoms with van der Waals surface area (Å²) in [4.78, 5) is 0. The molecular formula is C6H14O5. The van der Waals surface area contributed by atoms with Gasteiger partial charge in [-0.15, -0.1) is 0 Å². The van der Waals surface area contributed by atoms with E-state index in [1.165, 1.54) is 0 Å². The molecule has 0 fully saturated rings. The number of rotatable bonds is 8. The monoisotopic (exact) mass is 166 g/mol. The first-order valence-electron chi connectivity index (χ1n) is 3.36. The van der Waals surface area contributed by atoms with Gasteiger partial charge >= 0.3 is 0 Å². The van der Waals surface area contributed by atoms with E-state index in [1.807, 2.05) is 0 Å². The highest BCUT2D eigenvalue weighted by Gasteiger charge is 1.87. The second-order valence-corrected chi connectivity index (χ2v) is 1.70. The normalized spacial score (nSPS) is 10.4. The van der Waals surface area contributed by atoms with Crippen LogP contribution >= 0.6 is 0 Å². The summed E-state index contributed by atoms with van der Waals surface area (Å²) in [7, 11) is 0. The molecule has 0 bridgehead atoms. The van der Waals surface area contributed by atoms with Crippen LogP contribution in [0.5, 0.6) is 0 Å². The topological polar surface area (TPSA) is 68.2 Å². The van der Waals surface area contributed by atoms with Gasteiger partial charge in [0.25, 0.3) is 0 Å². The summed E-state index contributed by atoms with van der Waals surface area (Å²) in [6, 6.07) is 0. The van der Waals surface area contributed by atoms with Crippen LogP contribution in [-0.4, -0.2) is 50.2 Å². The Morgan fingerprint density at radius 3 is 2.09 bits per heavy atom. The van der Waals surface area contributed by atoms with Crippen molar-refractivity contribution in [3.05, 3.63) is 0 Å². The third-order valence-corrected chi connectivity index (χ3v) is 0.866. The quantitative estimate of drug-likeness (QED) is 0.355. The maximum Gasteiger partial charge on any atom is 0.146 e. The van der Waals surface area contributed by atoms with Gasteiger partial charge in [-0.2, -0.15) is 0 Å². The summed E-state index contributed by atoms with van der Waals surface area (Å²) in [5.74, 6) is 0. The Labute approximate surface area is 65.5 Å². The predicted octanol–water partition coefficient (Wildman–Crippen LogP) is -1.06. The molecule has 0 heterocycles. The second kappa shape index (κ2) is 9.80.